The van der Waals surface area contributed by atoms with Crippen LogP contribution in [0.5, 0.6) is 0 Å². The summed E-state index contributed by atoms with van der Waals surface area (Å²) >= 11 is 6.56. The lowest BCUT2D eigenvalue weighted by Gasteiger charge is -2.54. The first-order chi connectivity index (χ1) is 25.8. The normalized spacial score (nSPS) is 20.8. The van der Waals surface area contributed by atoms with E-state index in [0.717, 1.165) is 43.5 Å². The number of benzene rings is 4. The summed E-state index contributed by atoms with van der Waals surface area (Å²) in [5.41, 5.74) is 13.4. The van der Waals surface area contributed by atoms with E-state index in [2.05, 4.69) is 96.9 Å². The minimum atomic E-state index is -0.556. The third kappa shape index (κ3) is 6.71. The number of methoxy groups -OCH3 is 1. The van der Waals surface area contributed by atoms with Crippen molar-refractivity contribution in [2.45, 2.75) is 129 Å². The lowest BCUT2D eigenvalue weighted by Crippen LogP contribution is -2.63. The zero-order chi connectivity index (χ0) is 36.7. The van der Waals surface area contributed by atoms with E-state index < -0.39 is 13.5 Å². The Hall–Kier alpha value is -3.01. The number of rotatable bonds is 10. The third-order valence-corrected chi connectivity index (χ3v) is 17.1. The minimum absolute atomic E-state index is 0.0324. The van der Waals surface area contributed by atoms with Gasteiger partial charge in [-0.2, -0.15) is 0 Å². The number of carbonyl (C=O) groups is 1. The van der Waals surface area contributed by atoms with Crippen LogP contribution in [0.2, 0.25) is 0 Å². The zero-order valence-electron chi connectivity index (χ0n) is 32.4. The van der Waals surface area contributed by atoms with Crippen molar-refractivity contribution >= 4 is 60.2 Å². The van der Waals surface area contributed by atoms with Gasteiger partial charge >= 0.3 is 13.0 Å². The maximum atomic E-state index is 13.4. The number of nitrogens with zero attached hydrogens (tertiary/aromatic N) is 2. The molecule has 0 spiro atoms. The SMILES string of the molecule is COC(=O)C1(C)Cc2c(C)c(CCCCl)c(B3N(Cc4ccccc4)c4cccc5cccc(c45)N3P(C3CCCCC3)C3CCCCC3)c(C)c2C1. The van der Waals surface area contributed by atoms with Crippen LogP contribution < -0.4 is 14.9 Å². The number of ether oxygens (including phenoxy) is 1. The fourth-order valence-electron chi connectivity index (χ4n) is 10.8. The van der Waals surface area contributed by atoms with E-state index in [4.69, 9.17) is 16.3 Å². The summed E-state index contributed by atoms with van der Waals surface area (Å²) < 4.78 is 8.53. The maximum absolute atomic E-state index is 13.4. The predicted molar refractivity (Wildman–Crippen MR) is 228 cm³/mol. The highest BCUT2D eigenvalue weighted by molar-refractivity contribution is 7.63. The number of hydrogen-bond donors (Lipinski definition) is 0. The van der Waals surface area contributed by atoms with E-state index in [-0.39, 0.29) is 13.0 Å². The molecule has 4 aliphatic rings. The van der Waals surface area contributed by atoms with Crippen molar-refractivity contribution in [1.29, 1.82) is 0 Å². The molecule has 2 saturated carbocycles. The summed E-state index contributed by atoms with van der Waals surface area (Å²) in [4.78, 5) is 16.2. The van der Waals surface area contributed by atoms with Crippen LogP contribution in [0.15, 0.2) is 66.7 Å². The summed E-state index contributed by atoms with van der Waals surface area (Å²) in [5.74, 6) is 0.538. The predicted octanol–water partition coefficient (Wildman–Crippen LogP) is 11.2. The maximum Gasteiger partial charge on any atom is 0.415 e. The number of alkyl halides is 1. The summed E-state index contributed by atoms with van der Waals surface area (Å²) in [7, 11) is 1.02. The van der Waals surface area contributed by atoms with Gasteiger partial charge in [0.05, 0.1) is 12.5 Å². The molecule has 0 radical (unpaired) electrons. The average molecular weight is 747 g/mol. The molecule has 1 unspecified atom stereocenters. The smallest absolute Gasteiger partial charge is 0.415 e. The molecule has 0 saturated heterocycles. The monoisotopic (exact) mass is 746 g/mol. The van der Waals surface area contributed by atoms with Crippen molar-refractivity contribution in [2.24, 2.45) is 5.41 Å². The van der Waals surface area contributed by atoms with Crippen molar-refractivity contribution in [3.8, 4) is 0 Å². The number of hydrogen-bond acceptors (Lipinski definition) is 4. The zero-order valence-corrected chi connectivity index (χ0v) is 34.1. The molecule has 0 amide bonds. The van der Waals surface area contributed by atoms with Gasteiger partial charge in [0.15, 0.2) is 0 Å². The molecule has 1 heterocycles. The van der Waals surface area contributed by atoms with Crippen molar-refractivity contribution in [2.75, 3.05) is 22.4 Å². The first-order valence-electron chi connectivity index (χ1n) is 20.5. The summed E-state index contributed by atoms with van der Waals surface area (Å²) in [5, 5.41) is 2.75. The molecule has 4 aromatic rings. The van der Waals surface area contributed by atoms with Crippen LogP contribution in [0, 0.1) is 19.3 Å². The Morgan fingerprint density at radius 3 is 2.04 bits per heavy atom. The van der Waals surface area contributed by atoms with E-state index in [0.29, 0.717) is 5.88 Å². The highest BCUT2D eigenvalue weighted by atomic mass is 35.5. The van der Waals surface area contributed by atoms with Gasteiger partial charge in [0.1, 0.15) is 0 Å². The van der Waals surface area contributed by atoms with Crippen molar-refractivity contribution < 1.29 is 9.53 Å². The molecular weight excluding hydrogens is 690 g/mol. The Morgan fingerprint density at radius 2 is 1.43 bits per heavy atom. The fourth-order valence-corrected chi connectivity index (χ4v) is 14.9. The van der Waals surface area contributed by atoms with Crippen LogP contribution in [0.25, 0.3) is 10.8 Å². The number of halogens is 1. The molecule has 0 N–H and O–H groups in total. The lowest BCUT2D eigenvalue weighted by atomic mass is 9.58. The summed E-state index contributed by atoms with van der Waals surface area (Å²) in [6.07, 6.45) is 16.9. The molecule has 278 valence electrons. The quantitative estimate of drug-likeness (QED) is 0.0700. The molecule has 0 bridgehead atoms. The van der Waals surface area contributed by atoms with E-state index in [1.165, 1.54) is 125 Å². The van der Waals surface area contributed by atoms with Crippen molar-refractivity contribution in [1.82, 2.24) is 0 Å². The number of carbonyl (C=O) groups excluding carboxylic acids is 1. The van der Waals surface area contributed by atoms with Crippen LogP contribution in [0.4, 0.5) is 11.4 Å². The van der Waals surface area contributed by atoms with Gasteiger partial charge in [-0.05, 0) is 148 Å². The molecule has 4 aromatic carbocycles. The average Bonchev–Trinajstić information content (AvgIpc) is 3.58. The van der Waals surface area contributed by atoms with Crippen LogP contribution >= 0.6 is 19.7 Å². The third-order valence-electron chi connectivity index (χ3n) is 13.4. The van der Waals surface area contributed by atoms with Gasteiger partial charge in [-0.1, -0.05) is 93.1 Å². The molecule has 8 rings (SSSR count). The number of fused-ring (bicyclic) bond motifs is 1. The molecule has 1 atom stereocenters. The second-order valence-electron chi connectivity index (χ2n) is 16.7. The largest absolute Gasteiger partial charge is 0.469 e. The summed E-state index contributed by atoms with van der Waals surface area (Å²) in [6.45, 7) is 7.73. The molecular formula is C46H57BClN2O2P. The Bertz CT molecular complexity index is 1940. The van der Waals surface area contributed by atoms with Crippen LogP contribution in [-0.2, 0) is 35.3 Å². The Labute approximate surface area is 324 Å². The van der Waals surface area contributed by atoms with Crippen LogP contribution in [-0.4, -0.2) is 37.3 Å². The van der Waals surface area contributed by atoms with Gasteiger partial charge in [0.2, 0.25) is 0 Å². The number of anilines is 2. The molecule has 0 aromatic heterocycles. The van der Waals surface area contributed by atoms with Crippen LogP contribution in [0.1, 0.15) is 111 Å². The molecule has 3 aliphatic carbocycles. The Kier molecular flexibility index (Phi) is 10.9. The van der Waals surface area contributed by atoms with Gasteiger partial charge in [-0.15, -0.1) is 11.6 Å². The number of esters is 1. The van der Waals surface area contributed by atoms with Crippen molar-refractivity contribution in [3.05, 3.63) is 100 Å². The van der Waals surface area contributed by atoms with Gasteiger partial charge in [-0.3, -0.25) is 4.79 Å². The molecule has 4 nitrogen and oxygen atoms in total. The topological polar surface area (TPSA) is 32.8 Å². The molecule has 2 fully saturated rings. The second-order valence-corrected chi connectivity index (χ2v) is 19.8. The standard InChI is InChI=1S/C46H57BClN2O2P/c1-32-38(25-16-28-48)44(33(2)40-30-46(3,29-39(32)40)45(51)52-4)47-49(31-34-17-8-5-9-18-34)41-26-14-19-35-20-15-27-42(43(35)41)50(47)53(36-21-10-6-11-22-36)37-23-12-7-13-24-37/h5,8-9,14-15,17-20,26-27,36-37H,6-7,10-13,16,21-25,28-31H2,1-4H3. The first-order valence-corrected chi connectivity index (χ1v) is 22.5. The molecule has 53 heavy (non-hydrogen) atoms. The van der Waals surface area contributed by atoms with E-state index >= 15 is 0 Å². The fraction of sp³-hybridized carbons (Fsp3) is 0.500. The van der Waals surface area contributed by atoms with Gasteiger partial charge in [-0.25, -0.2) is 0 Å². The second kappa shape index (κ2) is 15.6. The van der Waals surface area contributed by atoms with Gasteiger partial charge in [0, 0.05) is 29.2 Å². The van der Waals surface area contributed by atoms with E-state index in [1.807, 2.05) is 0 Å². The Morgan fingerprint density at radius 1 is 0.830 bits per heavy atom. The van der Waals surface area contributed by atoms with E-state index in [1.54, 1.807) is 7.11 Å². The minimum Gasteiger partial charge on any atom is -0.469 e. The highest BCUT2D eigenvalue weighted by Crippen LogP contribution is 2.62. The molecule has 1 aliphatic heterocycles. The first kappa shape index (κ1) is 36.9. The van der Waals surface area contributed by atoms with Gasteiger partial charge in [0.25, 0.3) is 0 Å². The summed E-state index contributed by atoms with van der Waals surface area (Å²) in [6, 6.07) is 25.3. The highest BCUT2D eigenvalue weighted by Gasteiger charge is 2.50. The molecule has 7 heteroatoms. The Balaban J connectivity index is 1.43. The van der Waals surface area contributed by atoms with Gasteiger partial charge < -0.3 is 14.1 Å². The van der Waals surface area contributed by atoms with Crippen LogP contribution in [0.3, 0.4) is 0 Å². The lowest BCUT2D eigenvalue weighted by molar-refractivity contribution is -0.151. The van der Waals surface area contributed by atoms with E-state index in [9.17, 15) is 4.79 Å². The van der Waals surface area contributed by atoms with Crippen molar-refractivity contribution in [3.63, 3.8) is 0 Å².